The zero-order valence-corrected chi connectivity index (χ0v) is 11.8. The highest BCUT2D eigenvalue weighted by Gasteiger charge is 2.20. The summed E-state index contributed by atoms with van der Waals surface area (Å²) in [6.07, 6.45) is 0. The van der Waals surface area contributed by atoms with E-state index in [1.54, 1.807) is 12.1 Å². The zero-order valence-electron chi connectivity index (χ0n) is 11.8. The molecular formula is C18H10FNO3. The molecule has 0 amide bonds. The fraction of sp³-hybridized carbons (Fsp3) is 0. The van der Waals surface area contributed by atoms with E-state index >= 15 is 0 Å². The Bertz CT molecular complexity index is 1070. The normalized spacial score (nSPS) is 11.2. The third kappa shape index (κ3) is 2.05. The third-order valence-corrected chi connectivity index (χ3v) is 3.85. The molecule has 4 aromatic rings. The number of furan rings is 1. The molecule has 0 saturated carbocycles. The highest BCUT2D eigenvalue weighted by molar-refractivity contribution is 6.10. The number of nitro groups is 1. The summed E-state index contributed by atoms with van der Waals surface area (Å²) < 4.78 is 19.5. The van der Waals surface area contributed by atoms with Crippen LogP contribution in [0.2, 0.25) is 0 Å². The van der Waals surface area contributed by atoms with Crippen LogP contribution < -0.4 is 0 Å². The van der Waals surface area contributed by atoms with Gasteiger partial charge in [0.15, 0.2) is 0 Å². The highest BCUT2D eigenvalue weighted by atomic mass is 19.1. The largest absolute Gasteiger partial charge is 0.455 e. The lowest BCUT2D eigenvalue weighted by Crippen LogP contribution is -1.93. The van der Waals surface area contributed by atoms with Crippen molar-refractivity contribution in [2.75, 3.05) is 0 Å². The Balaban J connectivity index is 2.11. The Morgan fingerprint density at radius 2 is 1.70 bits per heavy atom. The first-order valence-electron chi connectivity index (χ1n) is 7.00. The molecule has 0 radical (unpaired) electrons. The second-order valence-electron chi connectivity index (χ2n) is 5.20. The van der Waals surface area contributed by atoms with Gasteiger partial charge in [-0.1, -0.05) is 36.4 Å². The Hall–Kier alpha value is -3.21. The number of hydrogen-bond acceptors (Lipinski definition) is 3. The molecule has 0 fully saturated rings. The van der Waals surface area contributed by atoms with E-state index in [1.165, 1.54) is 12.1 Å². The van der Waals surface area contributed by atoms with Gasteiger partial charge in [-0.2, -0.15) is 0 Å². The molecule has 0 aliphatic heterocycles. The van der Waals surface area contributed by atoms with Gasteiger partial charge in [0.2, 0.25) is 0 Å². The first kappa shape index (κ1) is 13.5. The number of halogens is 1. The van der Waals surface area contributed by atoms with Gasteiger partial charge < -0.3 is 4.42 Å². The van der Waals surface area contributed by atoms with Gasteiger partial charge in [0.25, 0.3) is 5.69 Å². The molecule has 23 heavy (non-hydrogen) atoms. The molecule has 0 bridgehead atoms. The van der Waals surface area contributed by atoms with Crippen LogP contribution in [0.15, 0.2) is 65.1 Å². The van der Waals surface area contributed by atoms with Crippen molar-refractivity contribution in [3.05, 3.63) is 76.6 Å². The van der Waals surface area contributed by atoms with Crippen LogP contribution in [0.1, 0.15) is 0 Å². The summed E-state index contributed by atoms with van der Waals surface area (Å²) in [5, 5.41) is 13.0. The lowest BCUT2D eigenvalue weighted by Gasteiger charge is -2.04. The molecule has 1 aromatic heterocycles. The first-order valence-corrected chi connectivity index (χ1v) is 7.00. The summed E-state index contributed by atoms with van der Waals surface area (Å²) in [4.78, 5) is 10.7. The number of para-hydroxylation sites is 2. The summed E-state index contributed by atoms with van der Waals surface area (Å²) in [5.41, 5.74) is 1.76. The van der Waals surface area contributed by atoms with Gasteiger partial charge in [-0.3, -0.25) is 10.1 Å². The van der Waals surface area contributed by atoms with E-state index in [0.29, 0.717) is 16.7 Å². The molecule has 4 rings (SSSR count). The summed E-state index contributed by atoms with van der Waals surface area (Å²) >= 11 is 0. The van der Waals surface area contributed by atoms with Crippen LogP contribution in [-0.4, -0.2) is 4.92 Å². The summed E-state index contributed by atoms with van der Waals surface area (Å²) in [5.74, 6) is -0.529. The Labute approximate surface area is 129 Å². The van der Waals surface area contributed by atoms with Crippen LogP contribution >= 0.6 is 0 Å². The molecule has 0 spiro atoms. The van der Waals surface area contributed by atoms with E-state index < -0.39 is 10.7 Å². The molecule has 0 aliphatic rings. The standard InChI is InChI=1S/C18H10FNO3/c19-11-8-9-16(20(21)22)15(10-11)14-6-3-5-13-12-4-1-2-7-17(12)23-18(13)14/h1-10H. The second kappa shape index (κ2) is 4.91. The van der Waals surface area contributed by atoms with Crippen LogP contribution in [0.25, 0.3) is 33.1 Å². The predicted octanol–water partition coefficient (Wildman–Crippen LogP) is 5.30. The first-order chi connectivity index (χ1) is 11.1. The van der Waals surface area contributed by atoms with Crippen molar-refractivity contribution in [3.8, 4) is 11.1 Å². The average Bonchev–Trinajstić information content (AvgIpc) is 2.93. The molecular weight excluding hydrogens is 297 g/mol. The van der Waals surface area contributed by atoms with Crippen molar-refractivity contribution in [3.63, 3.8) is 0 Å². The molecule has 0 N–H and O–H groups in total. The number of nitrogens with zero attached hydrogens (tertiary/aromatic N) is 1. The van der Waals surface area contributed by atoms with Gasteiger partial charge in [0.1, 0.15) is 17.0 Å². The summed E-state index contributed by atoms with van der Waals surface area (Å²) in [7, 11) is 0. The van der Waals surface area contributed by atoms with Gasteiger partial charge in [0, 0.05) is 22.4 Å². The van der Waals surface area contributed by atoms with E-state index in [2.05, 4.69) is 0 Å². The average molecular weight is 307 g/mol. The minimum absolute atomic E-state index is 0.153. The molecule has 112 valence electrons. The Morgan fingerprint density at radius 1 is 0.913 bits per heavy atom. The van der Waals surface area contributed by atoms with Crippen LogP contribution in [0.3, 0.4) is 0 Å². The smallest absolute Gasteiger partial charge is 0.277 e. The van der Waals surface area contributed by atoms with Gasteiger partial charge in [0.05, 0.1) is 10.5 Å². The van der Waals surface area contributed by atoms with Crippen molar-refractivity contribution in [1.29, 1.82) is 0 Å². The fourth-order valence-corrected chi connectivity index (χ4v) is 2.84. The topological polar surface area (TPSA) is 56.3 Å². The van der Waals surface area contributed by atoms with E-state index in [9.17, 15) is 14.5 Å². The Morgan fingerprint density at radius 3 is 2.52 bits per heavy atom. The molecule has 3 aromatic carbocycles. The maximum Gasteiger partial charge on any atom is 0.277 e. The number of fused-ring (bicyclic) bond motifs is 3. The molecule has 0 unspecified atom stereocenters. The van der Waals surface area contributed by atoms with Crippen LogP contribution in [0.4, 0.5) is 10.1 Å². The minimum atomic E-state index is -0.529. The quantitative estimate of drug-likeness (QED) is 0.373. The number of rotatable bonds is 2. The monoisotopic (exact) mass is 307 g/mol. The van der Waals surface area contributed by atoms with E-state index in [0.717, 1.165) is 16.8 Å². The van der Waals surface area contributed by atoms with Gasteiger partial charge >= 0.3 is 0 Å². The van der Waals surface area contributed by atoms with Crippen LogP contribution in [0, 0.1) is 15.9 Å². The van der Waals surface area contributed by atoms with Crippen LogP contribution in [0.5, 0.6) is 0 Å². The molecule has 0 aliphatic carbocycles. The molecule has 5 heteroatoms. The zero-order chi connectivity index (χ0) is 16.0. The van der Waals surface area contributed by atoms with Crippen molar-refractivity contribution in [1.82, 2.24) is 0 Å². The molecule has 0 saturated heterocycles. The predicted molar refractivity (Wildman–Crippen MR) is 85.8 cm³/mol. The number of hydrogen-bond donors (Lipinski definition) is 0. The van der Waals surface area contributed by atoms with Crippen molar-refractivity contribution in [2.45, 2.75) is 0 Å². The minimum Gasteiger partial charge on any atom is -0.455 e. The van der Waals surface area contributed by atoms with E-state index in [1.807, 2.05) is 30.3 Å². The molecule has 4 nitrogen and oxygen atoms in total. The van der Waals surface area contributed by atoms with Crippen molar-refractivity contribution in [2.24, 2.45) is 0 Å². The van der Waals surface area contributed by atoms with E-state index in [-0.39, 0.29) is 11.3 Å². The third-order valence-electron chi connectivity index (χ3n) is 3.85. The highest BCUT2D eigenvalue weighted by Crippen LogP contribution is 2.39. The number of benzene rings is 3. The Kier molecular flexibility index (Phi) is 2.87. The maximum atomic E-state index is 13.6. The summed E-state index contributed by atoms with van der Waals surface area (Å²) in [6, 6.07) is 16.3. The van der Waals surface area contributed by atoms with Gasteiger partial charge in [-0.15, -0.1) is 0 Å². The second-order valence-corrected chi connectivity index (χ2v) is 5.20. The molecule has 1 heterocycles. The van der Waals surface area contributed by atoms with Gasteiger partial charge in [-0.25, -0.2) is 4.39 Å². The fourth-order valence-electron chi connectivity index (χ4n) is 2.84. The number of nitro benzene ring substituents is 1. The molecule has 0 atom stereocenters. The van der Waals surface area contributed by atoms with Crippen molar-refractivity contribution >= 4 is 27.6 Å². The van der Waals surface area contributed by atoms with E-state index in [4.69, 9.17) is 4.42 Å². The maximum absolute atomic E-state index is 13.6. The SMILES string of the molecule is O=[N+]([O-])c1ccc(F)cc1-c1cccc2c1oc1ccccc12. The lowest BCUT2D eigenvalue weighted by atomic mass is 10.0. The van der Waals surface area contributed by atoms with Crippen molar-refractivity contribution < 1.29 is 13.7 Å². The lowest BCUT2D eigenvalue weighted by molar-refractivity contribution is -0.384. The van der Waals surface area contributed by atoms with Crippen LogP contribution in [-0.2, 0) is 0 Å². The van der Waals surface area contributed by atoms with Gasteiger partial charge in [-0.05, 0) is 18.2 Å². The summed E-state index contributed by atoms with van der Waals surface area (Å²) in [6.45, 7) is 0.